The molecule has 3 atom stereocenters. The van der Waals surface area contributed by atoms with Crippen LogP contribution in [0.4, 0.5) is 0 Å². The van der Waals surface area contributed by atoms with Crippen molar-refractivity contribution in [2.24, 2.45) is 11.7 Å². The monoisotopic (exact) mass is 127 g/mol. The van der Waals surface area contributed by atoms with Gasteiger partial charge in [0.05, 0.1) is 0 Å². The lowest BCUT2D eigenvalue weighted by molar-refractivity contribution is 0.229. The van der Waals surface area contributed by atoms with Gasteiger partial charge in [-0.1, -0.05) is 12.2 Å². The van der Waals surface area contributed by atoms with Crippen LogP contribution < -0.4 is 5.73 Å². The predicted octanol–water partition coefficient (Wildman–Crippen LogP) is -0.862. The maximum Gasteiger partial charge on any atom is 0.107 e. The van der Waals surface area contributed by atoms with Gasteiger partial charge >= 0.3 is 0 Å². The Morgan fingerprint density at radius 1 is 1.56 bits per heavy atom. The number of aliphatic hydroxyl groups excluding tert-OH is 1. The van der Waals surface area contributed by atoms with Gasteiger partial charge in [0.1, 0.15) is 7.85 Å². The highest BCUT2D eigenvalue weighted by atomic mass is 16.3. The van der Waals surface area contributed by atoms with Crippen LogP contribution in [0.5, 0.6) is 0 Å². The van der Waals surface area contributed by atoms with Gasteiger partial charge in [-0.15, -0.1) is 0 Å². The Hall–Kier alpha value is -0.0151. The number of aliphatic hydroxyl groups is 1. The van der Waals surface area contributed by atoms with Crippen molar-refractivity contribution in [2.45, 2.75) is 24.7 Å². The second-order valence-corrected chi connectivity index (χ2v) is 3.16. The molecule has 0 aromatic heterocycles. The lowest BCUT2D eigenvalue weighted by Crippen LogP contribution is -2.20. The van der Waals surface area contributed by atoms with Gasteiger partial charge in [0.2, 0.25) is 0 Å². The molecule has 1 saturated carbocycles. The van der Waals surface area contributed by atoms with E-state index in [1.165, 1.54) is 0 Å². The molecule has 0 saturated heterocycles. The average Bonchev–Trinajstić information content (AvgIpc) is 2.13. The maximum atomic E-state index is 8.75. The largest absolute Gasteiger partial charge is 0.396 e. The SMILES string of the molecule is BC1C[C@H](CO)C[C@H]1N. The van der Waals surface area contributed by atoms with E-state index in [1.807, 2.05) is 0 Å². The molecule has 9 heavy (non-hydrogen) atoms. The Bertz CT molecular complexity index is 89.1. The van der Waals surface area contributed by atoms with Crippen molar-refractivity contribution < 1.29 is 5.11 Å². The summed E-state index contributed by atoms with van der Waals surface area (Å²) < 4.78 is 0. The van der Waals surface area contributed by atoms with E-state index in [0.29, 0.717) is 24.4 Å². The second-order valence-electron chi connectivity index (χ2n) is 3.16. The lowest BCUT2D eigenvalue weighted by atomic mass is 9.83. The number of rotatable bonds is 1. The summed E-state index contributed by atoms with van der Waals surface area (Å²) in [5.74, 6) is 1.09. The zero-order chi connectivity index (χ0) is 6.85. The smallest absolute Gasteiger partial charge is 0.107 e. The van der Waals surface area contributed by atoms with Crippen LogP contribution in [-0.4, -0.2) is 25.6 Å². The maximum absolute atomic E-state index is 8.75. The fraction of sp³-hybridized carbons (Fsp3) is 1.00. The van der Waals surface area contributed by atoms with Crippen LogP contribution >= 0.6 is 0 Å². The summed E-state index contributed by atoms with van der Waals surface area (Å²) in [6, 6.07) is 0.335. The molecule has 0 spiro atoms. The van der Waals surface area contributed by atoms with E-state index in [2.05, 4.69) is 7.85 Å². The van der Waals surface area contributed by atoms with Crippen LogP contribution in [0.2, 0.25) is 5.82 Å². The summed E-state index contributed by atoms with van der Waals surface area (Å²) in [5.41, 5.74) is 5.73. The van der Waals surface area contributed by atoms with Gasteiger partial charge < -0.3 is 10.8 Å². The molecular formula is C6H14BNO. The van der Waals surface area contributed by atoms with E-state index < -0.39 is 0 Å². The highest BCUT2D eigenvalue weighted by molar-refractivity contribution is 6.12. The minimum Gasteiger partial charge on any atom is -0.396 e. The molecule has 2 nitrogen and oxygen atoms in total. The van der Waals surface area contributed by atoms with Crippen LogP contribution in [0.1, 0.15) is 12.8 Å². The Balaban J connectivity index is 2.35. The van der Waals surface area contributed by atoms with Crippen LogP contribution in [0, 0.1) is 5.92 Å². The van der Waals surface area contributed by atoms with Crippen molar-refractivity contribution in [3.63, 3.8) is 0 Å². The summed E-state index contributed by atoms with van der Waals surface area (Å²) in [6.45, 7) is 0.318. The van der Waals surface area contributed by atoms with Crippen LogP contribution in [0.3, 0.4) is 0 Å². The fourth-order valence-electron chi connectivity index (χ4n) is 1.56. The first kappa shape index (κ1) is 7.10. The summed E-state index contributed by atoms with van der Waals surface area (Å²) in [7, 11) is 2.15. The first-order chi connectivity index (χ1) is 4.24. The fourth-order valence-corrected chi connectivity index (χ4v) is 1.56. The lowest BCUT2D eigenvalue weighted by Gasteiger charge is -2.05. The summed E-state index contributed by atoms with van der Waals surface area (Å²) >= 11 is 0. The van der Waals surface area contributed by atoms with E-state index in [1.54, 1.807) is 0 Å². The summed E-state index contributed by atoms with van der Waals surface area (Å²) in [4.78, 5) is 0. The van der Waals surface area contributed by atoms with Gasteiger partial charge in [-0.05, 0) is 18.4 Å². The number of hydrogen-bond acceptors (Lipinski definition) is 2. The molecule has 0 aromatic rings. The zero-order valence-electron chi connectivity index (χ0n) is 5.88. The van der Waals surface area contributed by atoms with Crippen molar-refractivity contribution in [3.8, 4) is 0 Å². The van der Waals surface area contributed by atoms with Crippen molar-refractivity contribution in [1.29, 1.82) is 0 Å². The van der Waals surface area contributed by atoms with Crippen LogP contribution in [0.15, 0.2) is 0 Å². The normalized spacial score (nSPS) is 43.6. The summed E-state index contributed by atoms with van der Waals surface area (Å²) in [6.07, 6.45) is 2.12. The molecular weight excluding hydrogens is 113 g/mol. The molecule has 0 bridgehead atoms. The topological polar surface area (TPSA) is 46.2 Å². The molecule has 52 valence electrons. The Labute approximate surface area is 56.8 Å². The second kappa shape index (κ2) is 2.71. The van der Waals surface area contributed by atoms with Gasteiger partial charge in [0, 0.05) is 6.61 Å². The third-order valence-electron chi connectivity index (χ3n) is 2.30. The van der Waals surface area contributed by atoms with Crippen molar-refractivity contribution >= 4 is 7.85 Å². The molecule has 3 heteroatoms. The molecule has 1 unspecified atom stereocenters. The molecule has 0 aromatic carbocycles. The molecule has 0 heterocycles. The van der Waals surface area contributed by atoms with Gasteiger partial charge in [0.25, 0.3) is 0 Å². The molecule has 1 fully saturated rings. The highest BCUT2D eigenvalue weighted by Crippen LogP contribution is 2.31. The first-order valence-corrected chi connectivity index (χ1v) is 3.60. The van der Waals surface area contributed by atoms with E-state index in [-0.39, 0.29) is 0 Å². The molecule has 3 N–H and O–H groups in total. The third-order valence-corrected chi connectivity index (χ3v) is 2.30. The Morgan fingerprint density at radius 3 is 2.44 bits per heavy atom. The van der Waals surface area contributed by atoms with Crippen molar-refractivity contribution in [3.05, 3.63) is 0 Å². The standard InChI is InChI=1S/C6H14BNO/c7-5-1-4(3-9)2-6(5)8/h4-6,9H,1-3,7-8H2/t4-,5?,6+/m0/s1. The predicted molar refractivity (Wildman–Crippen MR) is 40.1 cm³/mol. The van der Waals surface area contributed by atoms with E-state index >= 15 is 0 Å². The molecule has 0 radical (unpaired) electrons. The molecule has 0 aliphatic heterocycles. The summed E-state index contributed by atoms with van der Waals surface area (Å²) in [5, 5.41) is 8.75. The van der Waals surface area contributed by atoms with Gasteiger partial charge in [-0.3, -0.25) is 0 Å². The third kappa shape index (κ3) is 1.46. The van der Waals surface area contributed by atoms with Crippen LogP contribution in [0.25, 0.3) is 0 Å². The molecule has 1 rings (SSSR count). The number of nitrogens with two attached hydrogens (primary N) is 1. The van der Waals surface area contributed by atoms with Gasteiger partial charge in [-0.2, -0.15) is 0 Å². The van der Waals surface area contributed by atoms with E-state index in [0.717, 1.165) is 12.8 Å². The average molecular weight is 127 g/mol. The Kier molecular flexibility index (Phi) is 2.14. The van der Waals surface area contributed by atoms with Crippen LogP contribution in [-0.2, 0) is 0 Å². The highest BCUT2D eigenvalue weighted by Gasteiger charge is 2.27. The van der Waals surface area contributed by atoms with Crippen molar-refractivity contribution in [2.75, 3.05) is 6.61 Å². The molecule has 0 amide bonds. The first-order valence-electron chi connectivity index (χ1n) is 3.60. The molecule has 1 aliphatic rings. The zero-order valence-corrected chi connectivity index (χ0v) is 5.88. The van der Waals surface area contributed by atoms with Gasteiger partial charge in [-0.25, -0.2) is 0 Å². The minimum atomic E-state index is 0.318. The van der Waals surface area contributed by atoms with Gasteiger partial charge in [0.15, 0.2) is 0 Å². The van der Waals surface area contributed by atoms with E-state index in [4.69, 9.17) is 10.8 Å². The van der Waals surface area contributed by atoms with Crippen molar-refractivity contribution in [1.82, 2.24) is 0 Å². The number of hydrogen-bond donors (Lipinski definition) is 2. The quantitative estimate of drug-likeness (QED) is 0.450. The van der Waals surface area contributed by atoms with E-state index in [9.17, 15) is 0 Å². The Morgan fingerprint density at radius 2 is 2.22 bits per heavy atom. The molecule has 1 aliphatic carbocycles. The minimum absolute atomic E-state index is 0.318.